The van der Waals surface area contributed by atoms with E-state index in [4.69, 9.17) is 0 Å². The quantitative estimate of drug-likeness (QED) is 0.133. The van der Waals surface area contributed by atoms with Crippen LogP contribution < -0.4 is 5.32 Å². The van der Waals surface area contributed by atoms with Crippen molar-refractivity contribution in [1.29, 1.82) is 0 Å². The molecule has 0 aromatic rings. The molecule has 0 aliphatic heterocycles. The van der Waals surface area contributed by atoms with Crippen LogP contribution in [0.1, 0.15) is 123 Å². The van der Waals surface area contributed by atoms with E-state index < -0.39 is 24.2 Å². The molecule has 184 valence electrons. The molecule has 0 radical (unpaired) electrons. The van der Waals surface area contributed by atoms with Gasteiger partial charge in [0.05, 0.1) is 18.8 Å². The lowest BCUT2D eigenvalue weighted by molar-refractivity contribution is -0.131. The van der Waals surface area contributed by atoms with Gasteiger partial charge in [0.2, 0.25) is 5.91 Å². The number of carbonyl (C=O) groups excluding carboxylic acids is 1. The lowest BCUT2D eigenvalue weighted by atomic mass is 10.0. The first-order valence-electron chi connectivity index (χ1n) is 13.0. The van der Waals surface area contributed by atoms with Gasteiger partial charge in [0.15, 0.2) is 0 Å². The van der Waals surface area contributed by atoms with Crippen molar-refractivity contribution >= 4 is 5.91 Å². The van der Waals surface area contributed by atoms with Crippen molar-refractivity contribution in [2.45, 2.75) is 141 Å². The molecule has 0 saturated heterocycles. The molecule has 0 saturated carbocycles. The van der Waals surface area contributed by atoms with Gasteiger partial charge in [-0.3, -0.25) is 4.79 Å². The Morgan fingerprint density at radius 1 is 0.742 bits per heavy atom. The second kappa shape index (κ2) is 22.3. The van der Waals surface area contributed by atoms with Gasteiger partial charge in [-0.15, -0.1) is 0 Å². The number of carbonyl (C=O) groups is 1. The number of unbranched alkanes of at least 4 members (excludes halogenated alkanes) is 12. The maximum absolute atomic E-state index is 12.2. The van der Waals surface area contributed by atoms with Crippen LogP contribution in [0.4, 0.5) is 0 Å². The molecule has 0 aromatic heterocycles. The molecule has 0 aliphatic rings. The number of rotatable bonds is 22. The maximum Gasteiger partial charge on any atom is 0.249 e. The monoisotopic (exact) mass is 441 g/mol. The van der Waals surface area contributed by atoms with Crippen molar-refractivity contribution in [3.63, 3.8) is 0 Å². The minimum absolute atomic E-state index is 0.325. The van der Waals surface area contributed by atoms with Crippen LogP contribution in [0.2, 0.25) is 0 Å². The van der Waals surface area contributed by atoms with Gasteiger partial charge in [-0.2, -0.15) is 0 Å². The van der Waals surface area contributed by atoms with E-state index in [0.717, 1.165) is 19.3 Å². The van der Waals surface area contributed by atoms with Gasteiger partial charge in [0.1, 0.15) is 6.10 Å². The minimum atomic E-state index is -1.11. The summed E-state index contributed by atoms with van der Waals surface area (Å²) in [6, 6.07) is -0.717. The van der Waals surface area contributed by atoms with Crippen molar-refractivity contribution in [1.82, 2.24) is 5.32 Å². The molecule has 0 fully saturated rings. The van der Waals surface area contributed by atoms with Crippen LogP contribution in [0.3, 0.4) is 0 Å². The molecule has 3 atom stereocenters. The predicted molar refractivity (Wildman–Crippen MR) is 130 cm³/mol. The summed E-state index contributed by atoms with van der Waals surface area (Å²) in [6.45, 7) is 4.09. The highest BCUT2D eigenvalue weighted by atomic mass is 16.3. The molecule has 3 unspecified atom stereocenters. The van der Waals surface area contributed by atoms with Gasteiger partial charge in [-0.1, -0.05) is 103 Å². The molecular formula is C26H51NO4. The summed E-state index contributed by atoms with van der Waals surface area (Å²) < 4.78 is 0. The lowest BCUT2D eigenvalue weighted by Gasteiger charge is -2.23. The van der Waals surface area contributed by atoms with Crippen molar-refractivity contribution in [3.05, 3.63) is 12.2 Å². The standard InChI is InChI=1S/C26H51NO4/c1-3-5-7-9-11-13-15-16-18-20-24(29)23(22-28)27-26(31)25(30)21-19-17-14-12-10-8-6-4-2/h14,17,23-25,28-30H,3-13,15-16,18-22H2,1-2H3,(H,27,31)/b17-14-. The van der Waals surface area contributed by atoms with E-state index in [1.165, 1.54) is 70.6 Å². The first-order valence-corrected chi connectivity index (χ1v) is 13.0. The third kappa shape index (κ3) is 18.4. The lowest BCUT2D eigenvalue weighted by Crippen LogP contribution is -2.49. The van der Waals surface area contributed by atoms with Crippen LogP contribution in [0, 0.1) is 0 Å². The Balaban J connectivity index is 3.90. The van der Waals surface area contributed by atoms with E-state index in [-0.39, 0.29) is 6.61 Å². The van der Waals surface area contributed by atoms with Crippen LogP contribution in [0.15, 0.2) is 12.2 Å². The molecule has 0 bridgehead atoms. The van der Waals surface area contributed by atoms with Gasteiger partial charge in [-0.05, 0) is 32.1 Å². The summed E-state index contributed by atoms with van der Waals surface area (Å²) in [7, 11) is 0. The summed E-state index contributed by atoms with van der Waals surface area (Å²) in [5.74, 6) is -0.512. The fraction of sp³-hybridized carbons (Fsp3) is 0.885. The SMILES string of the molecule is CCCCCC/C=C\CCC(O)C(=O)NC(CO)C(O)CCCCCCCCCCC. The number of aliphatic hydroxyl groups is 3. The van der Waals surface area contributed by atoms with Crippen LogP contribution >= 0.6 is 0 Å². The molecule has 5 nitrogen and oxygen atoms in total. The zero-order chi connectivity index (χ0) is 23.2. The molecule has 1 amide bonds. The fourth-order valence-corrected chi connectivity index (χ4v) is 3.72. The first kappa shape index (κ1) is 30.1. The van der Waals surface area contributed by atoms with E-state index in [1.807, 2.05) is 6.08 Å². The summed E-state index contributed by atoms with van der Waals surface area (Å²) in [5, 5.41) is 32.5. The largest absolute Gasteiger partial charge is 0.394 e. The Morgan fingerprint density at radius 2 is 1.26 bits per heavy atom. The first-order chi connectivity index (χ1) is 15.1. The van der Waals surface area contributed by atoms with Gasteiger partial charge >= 0.3 is 0 Å². The molecule has 4 N–H and O–H groups in total. The highest BCUT2D eigenvalue weighted by Crippen LogP contribution is 2.13. The smallest absolute Gasteiger partial charge is 0.249 e. The Morgan fingerprint density at radius 3 is 1.84 bits per heavy atom. The number of hydrogen-bond acceptors (Lipinski definition) is 4. The fourth-order valence-electron chi connectivity index (χ4n) is 3.72. The van der Waals surface area contributed by atoms with Crippen LogP contribution in [-0.2, 0) is 4.79 Å². The zero-order valence-electron chi connectivity index (χ0n) is 20.4. The number of allylic oxidation sites excluding steroid dienone is 2. The van der Waals surface area contributed by atoms with E-state index in [1.54, 1.807) is 0 Å². The van der Waals surface area contributed by atoms with Crippen molar-refractivity contribution < 1.29 is 20.1 Å². The Bertz CT molecular complexity index is 428. The number of aliphatic hydroxyl groups excluding tert-OH is 3. The molecule has 0 rings (SSSR count). The van der Waals surface area contributed by atoms with Crippen molar-refractivity contribution in [2.24, 2.45) is 0 Å². The predicted octanol–water partition coefficient (Wildman–Crippen LogP) is 5.41. The number of nitrogens with one attached hydrogen (secondary N) is 1. The van der Waals surface area contributed by atoms with Crippen molar-refractivity contribution in [2.75, 3.05) is 6.61 Å². The summed E-state index contributed by atoms with van der Waals surface area (Å²) in [6.07, 6.45) is 20.6. The van der Waals surface area contributed by atoms with E-state index in [2.05, 4.69) is 25.2 Å². The number of amides is 1. The van der Waals surface area contributed by atoms with Crippen LogP contribution in [0.5, 0.6) is 0 Å². The third-order valence-electron chi connectivity index (χ3n) is 5.89. The van der Waals surface area contributed by atoms with Crippen LogP contribution in [0.25, 0.3) is 0 Å². The van der Waals surface area contributed by atoms with E-state index >= 15 is 0 Å². The normalized spacial score (nSPS) is 14.6. The Labute approximate surface area is 191 Å². The Kier molecular flexibility index (Phi) is 21.6. The molecule has 31 heavy (non-hydrogen) atoms. The molecule has 0 aliphatic carbocycles. The van der Waals surface area contributed by atoms with Gasteiger partial charge in [0.25, 0.3) is 0 Å². The number of hydrogen-bond donors (Lipinski definition) is 4. The minimum Gasteiger partial charge on any atom is -0.394 e. The van der Waals surface area contributed by atoms with Gasteiger partial charge in [-0.25, -0.2) is 0 Å². The third-order valence-corrected chi connectivity index (χ3v) is 5.89. The van der Waals surface area contributed by atoms with Gasteiger partial charge in [0, 0.05) is 0 Å². The highest BCUT2D eigenvalue weighted by Gasteiger charge is 2.23. The molecule has 0 spiro atoms. The molecule has 0 aromatic carbocycles. The average Bonchev–Trinajstić information content (AvgIpc) is 2.77. The zero-order valence-corrected chi connectivity index (χ0v) is 20.4. The van der Waals surface area contributed by atoms with E-state index in [9.17, 15) is 20.1 Å². The van der Waals surface area contributed by atoms with Crippen molar-refractivity contribution in [3.8, 4) is 0 Å². The van der Waals surface area contributed by atoms with Gasteiger partial charge < -0.3 is 20.6 Å². The Hall–Kier alpha value is -0.910. The summed E-state index contributed by atoms with van der Waals surface area (Å²) in [4.78, 5) is 12.2. The molecular weight excluding hydrogens is 390 g/mol. The molecule has 5 heteroatoms. The second-order valence-electron chi connectivity index (χ2n) is 8.90. The van der Waals surface area contributed by atoms with Crippen LogP contribution in [-0.4, -0.2) is 46.1 Å². The average molecular weight is 442 g/mol. The highest BCUT2D eigenvalue weighted by molar-refractivity contribution is 5.80. The molecule has 0 heterocycles. The topological polar surface area (TPSA) is 89.8 Å². The second-order valence-corrected chi connectivity index (χ2v) is 8.90. The maximum atomic E-state index is 12.2. The summed E-state index contributed by atoms with van der Waals surface area (Å²) in [5.41, 5.74) is 0. The summed E-state index contributed by atoms with van der Waals surface area (Å²) >= 11 is 0. The van der Waals surface area contributed by atoms with E-state index in [0.29, 0.717) is 19.3 Å².